The highest BCUT2D eigenvalue weighted by atomic mass is 16.5. The molecule has 1 saturated heterocycles. The summed E-state index contributed by atoms with van der Waals surface area (Å²) >= 11 is 0. The number of ether oxygens (including phenoxy) is 1. The second-order valence-corrected chi connectivity index (χ2v) is 8.02. The molecule has 3 N–H and O–H groups in total. The molecule has 5 nitrogen and oxygen atoms in total. The van der Waals surface area contributed by atoms with E-state index in [0.717, 1.165) is 31.0 Å². The fraction of sp³-hybridized carbons (Fsp3) is 0.458. The minimum absolute atomic E-state index is 0.477. The van der Waals surface area contributed by atoms with Gasteiger partial charge in [-0.05, 0) is 92.6 Å². The second kappa shape index (κ2) is 9.79. The summed E-state index contributed by atoms with van der Waals surface area (Å²) in [4.78, 5) is 6.94. The fourth-order valence-corrected chi connectivity index (χ4v) is 4.19. The van der Waals surface area contributed by atoms with Gasteiger partial charge in [-0.1, -0.05) is 18.2 Å². The molecule has 2 aromatic carbocycles. The van der Waals surface area contributed by atoms with E-state index in [4.69, 9.17) is 10.5 Å². The Labute approximate surface area is 174 Å². The molecular formula is C24H32N4O. The smallest absolute Gasteiger partial charge is 0.193 e. The van der Waals surface area contributed by atoms with E-state index in [0.29, 0.717) is 12.5 Å². The van der Waals surface area contributed by atoms with Gasteiger partial charge in [-0.25, -0.2) is 0 Å². The van der Waals surface area contributed by atoms with Gasteiger partial charge < -0.3 is 15.8 Å². The number of benzene rings is 2. The average molecular weight is 393 g/mol. The highest BCUT2D eigenvalue weighted by Crippen LogP contribution is 2.24. The van der Waals surface area contributed by atoms with Crippen molar-refractivity contribution in [2.24, 2.45) is 10.7 Å². The van der Waals surface area contributed by atoms with Crippen molar-refractivity contribution in [1.29, 1.82) is 0 Å². The first kappa shape index (κ1) is 19.8. The number of rotatable bonds is 8. The normalized spacial score (nSPS) is 16.8. The van der Waals surface area contributed by atoms with Gasteiger partial charge >= 0.3 is 0 Å². The van der Waals surface area contributed by atoms with Crippen molar-refractivity contribution >= 4 is 11.6 Å². The molecule has 0 aromatic heterocycles. The number of nitrogens with two attached hydrogens (primary N) is 1. The summed E-state index contributed by atoms with van der Waals surface area (Å²) in [6.45, 7) is 4.88. The lowest BCUT2D eigenvalue weighted by molar-refractivity contribution is 0.238. The van der Waals surface area contributed by atoms with E-state index < -0.39 is 0 Å². The van der Waals surface area contributed by atoms with Gasteiger partial charge in [0.1, 0.15) is 12.4 Å². The Morgan fingerprint density at radius 3 is 2.62 bits per heavy atom. The Morgan fingerprint density at radius 2 is 1.79 bits per heavy atom. The minimum Gasteiger partial charge on any atom is -0.492 e. The van der Waals surface area contributed by atoms with Crippen LogP contribution in [-0.4, -0.2) is 43.6 Å². The van der Waals surface area contributed by atoms with E-state index in [-0.39, 0.29) is 0 Å². The summed E-state index contributed by atoms with van der Waals surface area (Å²) in [5.74, 6) is 1.42. The van der Waals surface area contributed by atoms with Crippen LogP contribution in [0.2, 0.25) is 0 Å². The van der Waals surface area contributed by atoms with Crippen LogP contribution in [0.4, 0.5) is 5.69 Å². The van der Waals surface area contributed by atoms with Crippen LogP contribution in [0.3, 0.4) is 0 Å². The predicted octanol–water partition coefficient (Wildman–Crippen LogP) is 3.62. The molecule has 1 fully saturated rings. The highest BCUT2D eigenvalue weighted by Gasteiger charge is 2.11. The van der Waals surface area contributed by atoms with Gasteiger partial charge in [-0.3, -0.25) is 9.89 Å². The van der Waals surface area contributed by atoms with Crippen molar-refractivity contribution < 1.29 is 4.74 Å². The van der Waals surface area contributed by atoms with Crippen LogP contribution in [0.25, 0.3) is 0 Å². The van der Waals surface area contributed by atoms with Crippen molar-refractivity contribution in [1.82, 2.24) is 4.90 Å². The lowest BCUT2D eigenvalue weighted by atomic mass is 10.1. The second-order valence-electron chi connectivity index (χ2n) is 8.02. The highest BCUT2D eigenvalue weighted by molar-refractivity contribution is 5.92. The summed E-state index contributed by atoms with van der Waals surface area (Å²) < 4.78 is 5.86. The number of aliphatic imine (C=N–C) groups is 1. The zero-order valence-electron chi connectivity index (χ0n) is 17.2. The topological polar surface area (TPSA) is 62.9 Å². The summed E-state index contributed by atoms with van der Waals surface area (Å²) in [5.41, 5.74) is 11.2. The molecule has 1 heterocycles. The Hall–Kier alpha value is -2.53. The Kier molecular flexibility index (Phi) is 6.67. The molecule has 1 aliphatic carbocycles. The first-order valence-electron chi connectivity index (χ1n) is 10.9. The maximum atomic E-state index is 6.06. The number of nitrogens with one attached hydrogen (secondary N) is 1. The van der Waals surface area contributed by atoms with Crippen LogP contribution >= 0.6 is 0 Å². The molecular weight excluding hydrogens is 360 g/mol. The first-order chi connectivity index (χ1) is 14.3. The maximum Gasteiger partial charge on any atom is 0.193 e. The number of nitrogens with zero attached hydrogens (tertiary/aromatic N) is 2. The lowest BCUT2D eigenvalue weighted by Crippen LogP contribution is -2.25. The fourth-order valence-electron chi connectivity index (χ4n) is 4.19. The number of guanidine groups is 1. The Bertz CT molecular complexity index is 825. The van der Waals surface area contributed by atoms with Crippen molar-refractivity contribution in [3.05, 3.63) is 59.2 Å². The SMILES string of the molecule is NC(=NCCc1ccc(OCCN2CCCC2)cc1)Nc1ccc2c(c1)CCC2. The van der Waals surface area contributed by atoms with Crippen LogP contribution in [0.1, 0.15) is 36.0 Å². The number of hydrogen-bond donors (Lipinski definition) is 2. The number of likely N-dealkylation sites (tertiary alicyclic amines) is 1. The largest absolute Gasteiger partial charge is 0.492 e. The summed E-state index contributed by atoms with van der Waals surface area (Å²) in [6, 6.07) is 14.8. The van der Waals surface area contributed by atoms with Gasteiger partial charge in [0.25, 0.3) is 0 Å². The maximum absolute atomic E-state index is 6.06. The Balaban J connectivity index is 1.19. The number of anilines is 1. The van der Waals surface area contributed by atoms with Crippen LogP contribution in [0.15, 0.2) is 47.5 Å². The van der Waals surface area contributed by atoms with E-state index in [1.807, 2.05) is 0 Å². The Morgan fingerprint density at radius 1 is 1.00 bits per heavy atom. The average Bonchev–Trinajstić information content (AvgIpc) is 3.40. The van der Waals surface area contributed by atoms with Crippen molar-refractivity contribution in [3.63, 3.8) is 0 Å². The van der Waals surface area contributed by atoms with Crippen molar-refractivity contribution in [3.8, 4) is 5.75 Å². The molecule has 4 rings (SSSR count). The van der Waals surface area contributed by atoms with Crippen LogP contribution in [-0.2, 0) is 19.3 Å². The molecule has 0 atom stereocenters. The van der Waals surface area contributed by atoms with Crippen molar-refractivity contribution in [2.75, 3.05) is 38.1 Å². The standard InChI is InChI=1S/C24H32N4O/c25-24(27-22-9-8-20-4-3-5-21(20)18-22)26-13-12-19-6-10-23(11-7-19)29-17-16-28-14-1-2-15-28/h6-11,18H,1-5,12-17H2,(H3,25,26,27). The van der Waals surface area contributed by atoms with Gasteiger partial charge in [0.05, 0.1) is 0 Å². The molecule has 0 spiro atoms. The van der Waals surface area contributed by atoms with Crippen LogP contribution in [0.5, 0.6) is 5.75 Å². The zero-order chi connectivity index (χ0) is 19.9. The molecule has 0 radical (unpaired) electrons. The molecule has 29 heavy (non-hydrogen) atoms. The minimum atomic E-state index is 0.477. The molecule has 5 heteroatoms. The van der Waals surface area contributed by atoms with Gasteiger partial charge in [-0.15, -0.1) is 0 Å². The van der Waals surface area contributed by atoms with Crippen LogP contribution in [0, 0.1) is 0 Å². The molecule has 0 bridgehead atoms. The van der Waals surface area contributed by atoms with Gasteiger partial charge in [0.2, 0.25) is 0 Å². The molecule has 2 aromatic rings. The van der Waals surface area contributed by atoms with Crippen LogP contribution < -0.4 is 15.8 Å². The summed E-state index contributed by atoms with van der Waals surface area (Å²) in [6.07, 6.45) is 7.13. The molecule has 0 unspecified atom stereocenters. The van der Waals surface area contributed by atoms with Gasteiger partial charge in [0.15, 0.2) is 5.96 Å². The monoisotopic (exact) mass is 392 g/mol. The third kappa shape index (κ3) is 5.73. The third-order valence-corrected chi connectivity index (χ3v) is 5.85. The molecule has 0 amide bonds. The van der Waals surface area contributed by atoms with Gasteiger partial charge in [0, 0.05) is 18.8 Å². The van der Waals surface area contributed by atoms with E-state index in [1.54, 1.807) is 0 Å². The van der Waals surface area contributed by atoms with E-state index in [2.05, 4.69) is 57.7 Å². The molecule has 0 saturated carbocycles. The van der Waals surface area contributed by atoms with Crippen molar-refractivity contribution in [2.45, 2.75) is 38.5 Å². The number of hydrogen-bond acceptors (Lipinski definition) is 3. The van der Waals surface area contributed by atoms with E-state index >= 15 is 0 Å². The quantitative estimate of drug-likeness (QED) is 0.532. The number of aryl methyl sites for hydroxylation is 2. The van der Waals surface area contributed by atoms with Gasteiger partial charge in [-0.2, -0.15) is 0 Å². The van der Waals surface area contributed by atoms with E-state index in [1.165, 1.54) is 61.9 Å². The van der Waals surface area contributed by atoms with E-state index in [9.17, 15) is 0 Å². The zero-order valence-corrected chi connectivity index (χ0v) is 17.2. The summed E-state index contributed by atoms with van der Waals surface area (Å²) in [5, 5.41) is 3.22. The predicted molar refractivity (Wildman–Crippen MR) is 120 cm³/mol. The first-order valence-corrected chi connectivity index (χ1v) is 10.9. The molecule has 1 aliphatic heterocycles. The third-order valence-electron chi connectivity index (χ3n) is 5.85. The number of fused-ring (bicyclic) bond motifs is 1. The molecule has 2 aliphatic rings. The summed E-state index contributed by atoms with van der Waals surface area (Å²) in [7, 11) is 0. The lowest BCUT2D eigenvalue weighted by Gasteiger charge is -2.15. The molecule has 154 valence electrons.